The van der Waals surface area contributed by atoms with Crippen molar-refractivity contribution in [3.05, 3.63) is 142 Å². The van der Waals surface area contributed by atoms with Crippen molar-refractivity contribution in [1.29, 1.82) is 0 Å². The normalized spacial score (nSPS) is 18.8. The number of hydrogen-bond acceptors (Lipinski definition) is 11. The third kappa shape index (κ3) is 13.7. The van der Waals surface area contributed by atoms with E-state index in [0.29, 0.717) is 35.8 Å². The lowest BCUT2D eigenvalue weighted by atomic mass is 9.98. The summed E-state index contributed by atoms with van der Waals surface area (Å²) in [6.07, 6.45) is 5.53. The Bertz CT molecular complexity index is 3550. The van der Waals surface area contributed by atoms with Crippen LogP contribution in [0.4, 0.5) is 0 Å². The Kier molecular flexibility index (Phi) is 18.3. The molecule has 4 aromatic carbocycles. The number of imidazole rings is 1. The Morgan fingerprint density at radius 1 is 0.771 bits per heavy atom. The fourth-order valence-corrected chi connectivity index (χ4v) is 12.0. The summed E-state index contributed by atoms with van der Waals surface area (Å²) >= 11 is 0. The summed E-state index contributed by atoms with van der Waals surface area (Å²) in [6, 6.07) is 23.6. The van der Waals surface area contributed by atoms with Gasteiger partial charge in [-0.25, -0.2) is 4.79 Å². The summed E-state index contributed by atoms with van der Waals surface area (Å²) in [6.45, 7) is -0.0629. The highest BCUT2D eigenvalue weighted by atomic mass is 31.2. The SMILES string of the molecule is Cn1c(=O)n(C2CCC(=O)NC2=O)c2ccc(CCCCCCCC(=O)N3CC[C@H]4CCC(C(=O)N[C@@H](CCC(N)=O)C(=O)NC(c5ccccc5)c5ccccc5)N4C(=O)[C@@H](NC(=O)c4cc5cc(C(=O)P(=O)(O)O)ccc5[nH]4)C3)cc21. The number of piperidine rings is 1. The van der Waals surface area contributed by atoms with Crippen molar-refractivity contribution in [2.45, 2.75) is 126 Å². The molecule has 23 nitrogen and oxygen atoms in total. The first-order chi connectivity index (χ1) is 39.7. The molecular weight excluding hydrogens is 1090 g/mol. The number of H-pyrrole nitrogens is 1. The van der Waals surface area contributed by atoms with Crippen LogP contribution in [0.5, 0.6) is 0 Å². The molecule has 3 aliphatic rings. The number of aromatic nitrogens is 3. The number of amides is 8. The second-order valence-corrected chi connectivity index (χ2v) is 23.1. The number of aryl methyl sites for hydroxylation is 2. The van der Waals surface area contributed by atoms with Gasteiger partial charge in [0.2, 0.25) is 41.4 Å². The molecule has 0 bridgehead atoms. The second kappa shape index (κ2) is 25.7. The number of carbonyl (C=O) groups is 9. The van der Waals surface area contributed by atoms with Gasteiger partial charge in [-0.3, -0.25) is 62.2 Å². The quantitative estimate of drug-likeness (QED) is 0.0271. The number of nitrogens with zero attached hydrogens (tertiary/aromatic N) is 4. The number of aromatic amines is 1. The van der Waals surface area contributed by atoms with Crippen LogP contribution >= 0.6 is 7.60 Å². The molecule has 8 amide bonds. The maximum atomic E-state index is 15.0. The molecule has 3 saturated heterocycles. The Hall–Kier alpha value is -8.53. The molecule has 2 aromatic heterocycles. The maximum Gasteiger partial charge on any atom is 0.396 e. The van der Waals surface area contributed by atoms with Gasteiger partial charge in [0.25, 0.3) is 11.4 Å². The third-order valence-electron chi connectivity index (χ3n) is 15.9. The molecule has 5 heterocycles. The van der Waals surface area contributed by atoms with Crippen LogP contribution in [0.3, 0.4) is 0 Å². The molecule has 3 aliphatic heterocycles. The zero-order chi connectivity index (χ0) is 59.1. The number of fused-ring (bicyclic) bond motifs is 3. The maximum absolute atomic E-state index is 15.0. The van der Waals surface area contributed by atoms with Crippen LogP contribution < -0.4 is 32.7 Å². The summed E-state index contributed by atoms with van der Waals surface area (Å²) in [5, 5.41) is 11.2. The van der Waals surface area contributed by atoms with Gasteiger partial charge in [0.05, 0.1) is 17.1 Å². The van der Waals surface area contributed by atoms with E-state index in [1.807, 2.05) is 78.9 Å². The van der Waals surface area contributed by atoms with Crippen LogP contribution in [-0.4, -0.2) is 124 Å². The number of imide groups is 1. The Labute approximate surface area is 476 Å². The van der Waals surface area contributed by atoms with Gasteiger partial charge in [-0.15, -0.1) is 0 Å². The summed E-state index contributed by atoms with van der Waals surface area (Å²) in [7, 11) is -3.47. The Balaban J connectivity index is 0.868. The Morgan fingerprint density at radius 2 is 1.47 bits per heavy atom. The lowest BCUT2D eigenvalue weighted by Gasteiger charge is -2.39. The number of unbranched alkanes of at least 4 members (excludes halogenated alkanes) is 4. The van der Waals surface area contributed by atoms with Crippen molar-refractivity contribution in [1.82, 2.24) is 45.2 Å². The van der Waals surface area contributed by atoms with Crippen LogP contribution in [0, 0.1) is 0 Å². The van der Waals surface area contributed by atoms with Gasteiger partial charge in [0.15, 0.2) is 0 Å². The van der Waals surface area contributed by atoms with Gasteiger partial charge in [-0.1, -0.05) is 86.0 Å². The summed E-state index contributed by atoms with van der Waals surface area (Å²) in [5.41, 5.74) is 7.65. The minimum atomic E-state index is -5.12. The van der Waals surface area contributed by atoms with Crippen molar-refractivity contribution in [2.75, 3.05) is 13.1 Å². The number of benzene rings is 4. The van der Waals surface area contributed by atoms with Crippen LogP contribution in [0.25, 0.3) is 21.9 Å². The molecule has 83 heavy (non-hydrogen) atoms. The first kappa shape index (κ1) is 59.1. The second-order valence-electron chi connectivity index (χ2n) is 21.6. The van der Waals surface area contributed by atoms with Gasteiger partial charge < -0.3 is 46.3 Å². The molecule has 3 fully saturated rings. The van der Waals surface area contributed by atoms with E-state index in [1.54, 1.807) is 11.9 Å². The van der Waals surface area contributed by atoms with Crippen LogP contribution in [-0.2, 0) is 51.6 Å². The molecule has 436 valence electrons. The number of nitrogens with two attached hydrogens (primary N) is 1. The van der Waals surface area contributed by atoms with Gasteiger partial charge in [-0.2, -0.15) is 0 Å². The molecule has 6 aromatic rings. The largest absolute Gasteiger partial charge is 0.396 e. The van der Waals surface area contributed by atoms with E-state index in [4.69, 9.17) is 5.73 Å². The highest BCUT2D eigenvalue weighted by molar-refractivity contribution is 7.70. The number of primary amides is 1. The van der Waals surface area contributed by atoms with E-state index in [0.717, 1.165) is 48.8 Å². The molecule has 0 radical (unpaired) electrons. The molecule has 0 aliphatic carbocycles. The standard InChI is InChI=1S/C59H67N10O13P/c1-66-48-31-35(19-24-45(48)69(59(66)79)47-26-28-50(71)64-56(47)76)13-7-3-2-4-12-18-51(72)67-30-29-40-21-25-46(55(75)62-42(23-27-49(60)70)53(73)65-52(36-14-8-5-9-15-36)37-16-10-6-11-17-37)68(40)57(77)44(34-67)63-54(74)43-33-39-32-38(20-22-41(39)61-43)58(78)83(80,81)82/h5-6,8-11,14-17,19-20,22,24,31-33,40,42,44,46-47,52,61H,2-4,7,12-13,18,21,23,25-30,34H2,1H3,(H2,60,70)(H,62,75)(H,63,74)(H,65,73)(H,64,71,76)(H2,80,81,82)/t40-,42+,44+,46?,47?/m1/s1. The fourth-order valence-electron chi connectivity index (χ4n) is 11.6. The molecule has 0 spiro atoms. The molecule has 2 unspecified atom stereocenters. The van der Waals surface area contributed by atoms with Crippen molar-refractivity contribution < 1.29 is 57.5 Å². The van der Waals surface area contributed by atoms with Crippen molar-refractivity contribution in [3.63, 3.8) is 0 Å². The smallest absolute Gasteiger partial charge is 0.370 e. The van der Waals surface area contributed by atoms with E-state index in [2.05, 4.69) is 26.3 Å². The number of rotatable bonds is 22. The first-order valence-electron chi connectivity index (χ1n) is 27.9. The van der Waals surface area contributed by atoms with E-state index < -0.39 is 84.8 Å². The zero-order valence-electron chi connectivity index (χ0n) is 45.8. The monoisotopic (exact) mass is 1150 g/mol. The summed E-state index contributed by atoms with van der Waals surface area (Å²) < 4.78 is 14.7. The predicted octanol–water partition coefficient (Wildman–Crippen LogP) is 4.05. The highest BCUT2D eigenvalue weighted by Gasteiger charge is 2.46. The zero-order valence-corrected chi connectivity index (χ0v) is 46.7. The number of carbonyl (C=O) groups excluding carboxylic acids is 9. The lowest BCUT2D eigenvalue weighted by Crippen LogP contribution is -2.62. The number of nitrogens with one attached hydrogen (secondary N) is 5. The van der Waals surface area contributed by atoms with E-state index >= 15 is 4.79 Å². The van der Waals surface area contributed by atoms with Gasteiger partial charge >= 0.3 is 13.3 Å². The van der Waals surface area contributed by atoms with Gasteiger partial charge in [0, 0.05) is 61.9 Å². The fraction of sp³-hybridized carbons (Fsp3) is 0.390. The van der Waals surface area contributed by atoms with Crippen molar-refractivity contribution in [3.8, 4) is 0 Å². The predicted molar refractivity (Wildman–Crippen MR) is 304 cm³/mol. The first-order valence-corrected chi connectivity index (χ1v) is 29.5. The molecule has 9 N–H and O–H groups in total. The number of hydrogen-bond donors (Lipinski definition) is 8. The molecule has 9 rings (SSSR count). The summed E-state index contributed by atoms with van der Waals surface area (Å²) in [4.78, 5) is 159. The van der Waals surface area contributed by atoms with Crippen molar-refractivity contribution >= 4 is 82.3 Å². The van der Waals surface area contributed by atoms with Crippen molar-refractivity contribution in [2.24, 2.45) is 12.8 Å². The molecule has 0 saturated carbocycles. The third-order valence-corrected chi connectivity index (χ3v) is 16.7. The minimum Gasteiger partial charge on any atom is -0.370 e. The van der Waals surface area contributed by atoms with Crippen LogP contribution in [0.15, 0.2) is 108 Å². The average Bonchev–Trinajstić information content (AvgIpc) is 3.19. The average molecular weight is 1160 g/mol. The summed E-state index contributed by atoms with van der Waals surface area (Å²) in [5.74, 6) is -4.47. The molecular formula is C59H67N10O13P. The topological polar surface area (TPSA) is 335 Å². The lowest BCUT2D eigenvalue weighted by molar-refractivity contribution is -0.145. The highest BCUT2D eigenvalue weighted by Crippen LogP contribution is 2.40. The van der Waals surface area contributed by atoms with Crippen LogP contribution in [0.2, 0.25) is 0 Å². The van der Waals surface area contributed by atoms with E-state index in [9.17, 15) is 57.5 Å². The van der Waals surface area contributed by atoms with Gasteiger partial charge in [0.1, 0.15) is 29.9 Å². The van der Waals surface area contributed by atoms with Crippen LogP contribution in [0.1, 0.15) is 133 Å². The minimum absolute atomic E-state index is 0.0663. The Morgan fingerprint density at radius 3 is 2.16 bits per heavy atom. The molecule has 5 atom stereocenters. The van der Waals surface area contributed by atoms with Gasteiger partial charge in [-0.05, 0) is 104 Å². The molecule has 24 heteroatoms. The van der Waals surface area contributed by atoms with E-state index in [-0.39, 0.29) is 85.8 Å². The van der Waals surface area contributed by atoms with E-state index in [1.165, 1.54) is 38.3 Å².